The summed E-state index contributed by atoms with van der Waals surface area (Å²) in [5.74, 6) is -0.428. The molecule has 1 heterocycles. The molecule has 102 valence electrons. The number of aryl methyl sites for hydroxylation is 1. The van der Waals surface area contributed by atoms with Crippen molar-refractivity contribution in [1.82, 2.24) is 0 Å². The van der Waals surface area contributed by atoms with Crippen LogP contribution in [-0.4, -0.2) is 12.5 Å². The molecule has 0 atom stereocenters. The predicted octanol–water partition coefficient (Wildman–Crippen LogP) is 2.45. The van der Waals surface area contributed by atoms with E-state index in [1.807, 2.05) is 18.2 Å². The van der Waals surface area contributed by atoms with Gasteiger partial charge in [0.25, 0.3) is 5.91 Å². The fraction of sp³-hybridized carbons (Fsp3) is 0.188. The Morgan fingerprint density at radius 1 is 1.10 bits per heavy atom. The van der Waals surface area contributed by atoms with E-state index in [-0.39, 0.29) is 0 Å². The van der Waals surface area contributed by atoms with Crippen LogP contribution in [-0.2, 0) is 6.42 Å². The zero-order valence-electron chi connectivity index (χ0n) is 11.2. The molecule has 0 fully saturated rings. The van der Waals surface area contributed by atoms with E-state index >= 15 is 0 Å². The van der Waals surface area contributed by atoms with Gasteiger partial charge in [0, 0.05) is 17.9 Å². The molecule has 0 saturated carbocycles. The molecule has 3 rings (SSSR count). The number of para-hydroxylation sites is 1. The minimum absolute atomic E-state index is 0.428. The van der Waals surface area contributed by atoms with Gasteiger partial charge in [0.1, 0.15) is 0 Å². The number of fused-ring (bicyclic) bond motifs is 1. The van der Waals surface area contributed by atoms with Crippen molar-refractivity contribution in [3.05, 3.63) is 53.6 Å². The van der Waals surface area contributed by atoms with Crippen molar-refractivity contribution in [2.45, 2.75) is 12.8 Å². The van der Waals surface area contributed by atoms with Crippen LogP contribution in [0.2, 0.25) is 0 Å². The smallest absolute Gasteiger partial charge is 0.250 e. The third-order valence-electron chi connectivity index (χ3n) is 3.69. The Balaban J connectivity index is 2.15. The van der Waals surface area contributed by atoms with Gasteiger partial charge in [-0.3, -0.25) is 4.79 Å². The molecule has 4 heteroatoms. The highest BCUT2D eigenvalue weighted by Crippen LogP contribution is 2.35. The topological polar surface area (TPSA) is 72.3 Å². The van der Waals surface area contributed by atoms with E-state index in [1.165, 1.54) is 5.56 Å². The molecule has 0 aromatic heterocycles. The van der Waals surface area contributed by atoms with Crippen molar-refractivity contribution in [1.29, 1.82) is 0 Å². The van der Waals surface area contributed by atoms with Crippen molar-refractivity contribution in [2.75, 3.05) is 17.2 Å². The van der Waals surface area contributed by atoms with Crippen molar-refractivity contribution in [2.24, 2.45) is 5.73 Å². The van der Waals surface area contributed by atoms with Gasteiger partial charge in [-0.2, -0.15) is 0 Å². The van der Waals surface area contributed by atoms with E-state index in [9.17, 15) is 4.79 Å². The molecule has 0 unspecified atom stereocenters. The lowest BCUT2D eigenvalue weighted by atomic mass is 9.99. The van der Waals surface area contributed by atoms with Gasteiger partial charge < -0.3 is 16.4 Å². The Morgan fingerprint density at radius 3 is 2.70 bits per heavy atom. The van der Waals surface area contributed by atoms with Gasteiger partial charge >= 0.3 is 0 Å². The van der Waals surface area contributed by atoms with Crippen LogP contribution in [0.3, 0.4) is 0 Å². The molecule has 0 spiro atoms. The number of primary amides is 1. The fourth-order valence-electron chi connectivity index (χ4n) is 2.76. The van der Waals surface area contributed by atoms with E-state index in [0.717, 1.165) is 30.8 Å². The van der Waals surface area contributed by atoms with E-state index in [2.05, 4.69) is 17.0 Å². The third kappa shape index (κ3) is 2.09. The van der Waals surface area contributed by atoms with E-state index in [0.29, 0.717) is 11.3 Å². The molecule has 1 amide bonds. The number of rotatable bonds is 2. The molecule has 0 saturated heterocycles. The maximum atomic E-state index is 11.6. The summed E-state index contributed by atoms with van der Waals surface area (Å²) in [7, 11) is 0. The lowest BCUT2D eigenvalue weighted by molar-refractivity contribution is 0.100. The minimum atomic E-state index is -0.428. The molecule has 4 nitrogen and oxygen atoms in total. The lowest BCUT2D eigenvalue weighted by Crippen LogP contribution is -2.27. The first-order valence-electron chi connectivity index (χ1n) is 6.71. The van der Waals surface area contributed by atoms with Gasteiger partial charge in [-0.25, -0.2) is 0 Å². The second-order valence-electron chi connectivity index (χ2n) is 5.02. The van der Waals surface area contributed by atoms with Gasteiger partial charge in [0.05, 0.1) is 11.3 Å². The monoisotopic (exact) mass is 267 g/mol. The minimum Gasteiger partial charge on any atom is -0.399 e. The van der Waals surface area contributed by atoms with E-state index < -0.39 is 5.91 Å². The number of hydrogen-bond acceptors (Lipinski definition) is 3. The molecular formula is C16H17N3O. The first kappa shape index (κ1) is 12.5. The molecule has 1 aliphatic heterocycles. The van der Waals surface area contributed by atoms with Gasteiger partial charge in [-0.15, -0.1) is 0 Å². The standard InChI is InChI=1S/C16H17N3O/c17-12-7-8-13(16(18)20)15(10-12)19-9-3-5-11-4-1-2-6-14(11)19/h1-2,4,6-8,10H,3,5,9,17H2,(H2,18,20). The van der Waals surface area contributed by atoms with Crippen molar-refractivity contribution >= 4 is 23.0 Å². The summed E-state index contributed by atoms with van der Waals surface area (Å²) in [5, 5.41) is 0. The third-order valence-corrected chi connectivity index (χ3v) is 3.69. The van der Waals surface area contributed by atoms with E-state index in [4.69, 9.17) is 11.5 Å². The summed E-state index contributed by atoms with van der Waals surface area (Å²) in [4.78, 5) is 13.8. The van der Waals surface area contributed by atoms with Crippen LogP contribution in [0, 0.1) is 0 Å². The van der Waals surface area contributed by atoms with Crippen LogP contribution in [0.5, 0.6) is 0 Å². The largest absolute Gasteiger partial charge is 0.399 e. The van der Waals surface area contributed by atoms with Crippen molar-refractivity contribution in [3.8, 4) is 0 Å². The average molecular weight is 267 g/mol. The highest BCUT2D eigenvalue weighted by molar-refractivity contribution is 6.00. The number of anilines is 3. The zero-order valence-corrected chi connectivity index (χ0v) is 11.2. The van der Waals surface area contributed by atoms with Crippen molar-refractivity contribution in [3.63, 3.8) is 0 Å². The SMILES string of the molecule is NC(=O)c1ccc(N)cc1N1CCCc2ccccc21. The first-order chi connectivity index (χ1) is 9.66. The molecule has 2 aromatic rings. The van der Waals surface area contributed by atoms with E-state index in [1.54, 1.807) is 12.1 Å². The van der Waals surface area contributed by atoms with Crippen LogP contribution in [0.4, 0.5) is 17.1 Å². The Morgan fingerprint density at radius 2 is 1.90 bits per heavy atom. The van der Waals surface area contributed by atoms with Gasteiger partial charge in [0.2, 0.25) is 0 Å². The molecule has 0 bridgehead atoms. The molecule has 0 radical (unpaired) electrons. The van der Waals surface area contributed by atoms with Crippen LogP contribution in [0.1, 0.15) is 22.3 Å². The number of nitrogen functional groups attached to an aromatic ring is 1. The summed E-state index contributed by atoms with van der Waals surface area (Å²) in [6, 6.07) is 13.5. The number of amides is 1. The highest BCUT2D eigenvalue weighted by Gasteiger charge is 2.21. The molecule has 4 N–H and O–H groups in total. The lowest BCUT2D eigenvalue weighted by Gasteiger charge is -2.32. The summed E-state index contributed by atoms with van der Waals surface area (Å²) >= 11 is 0. The number of nitrogens with zero attached hydrogens (tertiary/aromatic N) is 1. The van der Waals surface area contributed by atoms with Crippen molar-refractivity contribution < 1.29 is 4.79 Å². The van der Waals surface area contributed by atoms with Gasteiger partial charge in [-0.05, 0) is 42.7 Å². The Labute approximate surface area is 118 Å². The average Bonchev–Trinajstić information content (AvgIpc) is 2.46. The number of carbonyl (C=O) groups is 1. The summed E-state index contributed by atoms with van der Waals surface area (Å²) < 4.78 is 0. The van der Waals surface area contributed by atoms with Crippen LogP contribution >= 0.6 is 0 Å². The molecule has 1 aliphatic rings. The summed E-state index contributed by atoms with van der Waals surface area (Å²) in [5.41, 5.74) is 15.7. The zero-order chi connectivity index (χ0) is 14.1. The number of benzene rings is 2. The molecular weight excluding hydrogens is 250 g/mol. The Hall–Kier alpha value is -2.49. The normalized spacial score (nSPS) is 13.9. The summed E-state index contributed by atoms with van der Waals surface area (Å²) in [6.45, 7) is 0.862. The first-order valence-corrected chi connectivity index (χ1v) is 6.71. The Kier molecular flexibility index (Phi) is 3.06. The van der Waals surface area contributed by atoms with Gasteiger partial charge in [0.15, 0.2) is 0 Å². The van der Waals surface area contributed by atoms with Crippen LogP contribution in [0.15, 0.2) is 42.5 Å². The number of hydrogen-bond donors (Lipinski definition) is 2. The second kappa shape index (κ2) is 4.89. The maximum absolute atomic E-state index is 11.6. The summed E-state index contributed by atoms with van der Waals surface area (Å²) in [6.07, 6.45) is 2.10. The molecule has 20 heavy (non-hydrogen) atoms. The second-order valence-corrected chi connectivity index (χ2v) is 5.02. The van der Waals surface area contributed by atoms with Crippen LogP contribution in [0.25, 0.3) is 0 Å². The number of carbonyl (C=O) groups excluding carboxylic acids is 1. The quantitative estimate of drug-likeness (QED) is 0.821. The fourth-order valence-corrected chi connectivity index (χ4v) is 2.76. The van der Waals surface area contributed by atoms with Gasteiger partial charge in [-0.1, -0.05) is 18.2 Å². The Bertz CT molecular complexity index is 667. The number of nitrogens with two attached hydrogens (primary N) is 2. The predicted molar refractivity (Wildman–Crippen MR) is 81.1 cm³/mol. The highest BCUT2D eigenvalue weighted by atomic mass is 16.1. The molecule has 0 aliphatic carbocycles. The van der Waals surface area contributed by atoms with Crippen LogP contribution < -0.4 is 16.4 Å². The molecule has 2 aromatic carbocycles. The maximum Gasteiger partial charge on any atom is 0.250 e.